The van der Waals surface area contributed by atoms with Crippen molar-refractivity contribution in [1.82, 2.24) is 15.6 Å². The van der Waals surface area contributed by atoms with Crippen molar-refractivity contribution >= 4 is 22.5 Å². The molecule has 1 aromatic carbocycles. The van der Waals surface area contributed by atoms with Crippen molar-refractivity contribution in [2.75, 3.05) is 14.1 Å². The molecule has 0 aliphatic rings. The van der Waals surface area contributed by atoms with Gasteiger partial charge in [-0.1, -0.05) is 6.07 Å². The number of fused-ring (bicyclic) bond motifs is 1. The number of hydrogen-bond donors (Lipinski definition) is 3. The number of nitrogens with zero attached hydrogens (tertiary/aromatic N) is 1. The quantitative estimate of drug-likeness (QED) is 0.559. The Bertz CT molecular complexity index is 650. The summed E-state index contributed by atoms with van der Waals surface area (Å²) in [7, 11) is 3.24. The molecule has 106 valence electrons. The Labute approximate surface area is 115 Å². The van der Waals surface area contributed by atoms with E-state index in [2.05, 4.69) is 15.6 Å². The number of H-pyrrole nitrogens is 1. The zero-order chi connectivity index (χ0) is 14.7. The smallest absolute Gasteiger partial charge is 0.279 e. The van der Waals surface area contributed by atoms with Gasteiger partial charge in [-0.25, -0.2) is 0 Å². The number of nitro benzene ring substituents is 1. The van der Waals surface area contributed by atoms with Crippen LogP contribution in [0.1, 0.15) is 5.56 Å². The molecule has 0 bridgehead atoms. The molecular weight excluding hydrogens is 260 g/mol. The van der Waals surface area contributed by atoms with Crippen LogP contribution in [0.15, 0.2) is 24.4 Å². The summed E-state index contributed by atoms with van der Waals surface area (Å²) in [6, 6.07) is 4.45. The Kier molecular flexibility index (Phi) is 3.99. The van der Waals surface area contributed by atoms with Crippen molar-refractivity contribution in [3.8, 4) is 0 Å². The van der Waals surface area contributed by atoms with Crippen LogP contribution in [-0.4, -0.2) is 36.0 Å². The van der Waals surface area contributed by atoms with Gasteiger partial charge in [-0.3, -0.25) is 14.9 Å². The third kappa shape index (κ3) is 2.48. The summed E-state index contributed by atoms with van der Waals surface area (Å²) in [5.41, 5.74) is 1.49. The van der Waals surface area contributed by atoms with Crippen molar-refractivity contribution in [2.45, 2.75) is 12.5 Å². The van der Waals surface area contributed by atoms with E-state index in [9.17, 15) is 14.9 Å². The zero-order valence-corrected chi connectivity index (χ0v) is 11.3. The maximum atomic E-state index is 11.7. The van der Waals surface area contributed by atoms with Crippen molar-refractivity contribution in [2.24, 2.45) is 0 Å². The second kappa shape index (κ2) is 5.70. The molecule has 1 unspecified atom stereocenters. The minimum absolute atomic E-state index is 0.0468. The van der Waals surface area contributed by atoms with E-state index < -0.39 is 11.0 Å². The average molecular weight is 276 g/mol. The molecule has 0 fully saturated rings. The molecule has 2 rings (SSSR count). The van der Waals surface area contributed by atoms with Crippen LogP contribution in [0.4, 0.5) is 5.69 Å². The number of amides is 1. The maximum absolute atomic E-state index is 11.7. The Balaban J connectivity index is 2.44. The number of rotatable bonds is 5. The van der Waals surface area contributed by atoms with Crippen molar-refractivity contribution in [1.29, 1.82) is 0 Å². The number of aromatic amines is 1. The number of nitrogens with one attached hydrogen (secondary N) is 3. The summed E-state index contributed by atoms with van der Waals surface area (Å²) >= 11 is 0. The van der Waals surface area contributed by atoms with Gasteiger partial charge < -0.3 is 15.6 Å². The first-order valence-electron chi connectivity index (χ1n) is 6.20. The van der Waals surface area contributed by atoms with E-state index in [1.807, 2.05) is 0 Å². The van der Waals surface area contributed by atoms with Gasteiger partial charge in [0.2, 0.25) is 5.91 Å². The highest BCUT2D eigenvalue weighted by molar-refractivity contribution is 5.92. The van der Waals surface area contributed by atoms with Crippen LogP contribution in [-0.2, 0) is 11.2 Å². The molecule has 0 spiro atoms. The van der Waals surface area contributed by atoms with Crippen molar-refractivity contribution < 1.29 is 9.72 Å². The summed E-state index contributed by atoms with van der Waals surface area (Å²) in [4.78, 5) is 25.4. The van der Waals surface area contributed by atoms with Crippen LogP contribution in [0.25, 0.3) is 10.9 Å². The van der Waals surface area contributed by atoms with Gasteiger partial charge in [0.25, 0.3) is 5.69 Å². The van der Waals surface area contributed by atoms with E-state index in [1.54, 1.807) is 32.4 Å². The van der Waals surface area contributed by atoms with Crippen LogP contribution in [0.5, 0.6) is 0 Å². The van der Waals surface area contributed by atoms with Crippen LogP contribution in [0.2, 0.25) is 0 Å². The van der Waals surface area contributed by atoms with E-state index in [0.717, 1.165) is 5.56 Å². The van der Waals surface area contributed by atoms with Crippen molar-refractivity contribution in [3.63, 3.8) is 0 Å². The maximum Gasteiger partial charge on any atom is 0.279 e. The summed E-state index contributed by atoms with van der Waals surface area (Å²) < 4.78 is 0. The molecule has 1 amide bonds. The molecule has 0 saturated carbocycles. The molecular formula is C13H16N4O3. The van der Waals surface area contributed by atoms with Crippen LogP contribution in [0, 0.1) is 10.1 Å². The Hall–Kier alpha value is -2.41. The van der Waals surface area contributed by atoms with E-state index in [0.29, 0.717) is 17.3 Å². The lowest BCUT2D eigenvalue weighted by Gasteiger charge is -2.13. The minimum Gasteiger partial charge on any atom is -0.361 e. The summed E-state index contributed by atoms with van der Waals surface area (Å²) in [5.74, 6) is -0.152. The lowest BCUT2D eigenvalue weighted by atomic mass is 10.0. The van der Waals surface area contributed by atoms with Crippen molar-refractivity contribution in [3.05, 3.63) is 40.1 Å². The summed E-state index contributed by atoms with van der Waals surface area (Å²) in [5, 5.41) is 17.1. The predicted molar refractivity (Wildman–Crippen MR) is 75.6 cm³/mol. The fourth-order valence-electron chi connectivity index (χ4n) is 2.27. The van der Waals surface area contributed by atoms with Gasteiger partial charge in [0.1, 0.15) is 0 Å². The largest absolute Gasteiger partial charge is 0.361 e. The number of hydrogen-bond acceptors (Lipinski definition) is 4. The molecule has 7 heteroatoms. The molecule has 0 radical (unpaired) electrons. The molecule has 1 heterocycles. The van der Waals surface area contributed by atoms with Gasteiger partial charge in [-0.2, -0.15) is 0 Å². The van der Waals surface area contributed by atoms with E-state index in [-0.39, 0.29) is 11.6 Å². The number of carbonyl (C=O) groups is 1. The van der Waals surface area contributed by atoms with Gasteiger partial charge in [0.15, 0.2) is 0 Å². The van der Waals surface area contributed by atoms with Crippen LogP contribution >= 0.6 is 0 Å². The van der Waals surface area contributed by atoms with Gasteiger partial charge >= 0.3 is 0 Å². The highest BCUT2D eigenvalue weighted by Crippen LogP contribution is 2.29. The number of aromatic nitrogens is 1. The standard InChI is InChI=1S/C13H16N4O3/c1-14-10(13(18)15-2)6-8-7-16-9-4-3-5-11(12(8)9)17(19)20/h3-5,7,10,14,16H,6H2,1-2H3,(H,15,18). The SMILES string of the molecule is CNC(=O)C(Cc1c[nH]c2cccc([N+](=O)[O-])c12)NC. The third-order valence-electron chi connectivity index (χ3n) is 3.30. The number of non-ortho nitro benzene ring substituents is 1. The van der Waals surface area contributed by atoms with Crippen LogP contribution < -0.4 is 10.6 Å². The summed E-state index contributed by atoms with van der Waals surface area (Å²) in [6.45, 7) is 0. The molecule has 3 N–H and O–H groups in total. The fraction of sp³-hybridized carbons (Fsp3) is 0.308. The Morgan fingerprint density at radius 1 is 1.45 bits per heavy atom. The number of carbonyl (C=O) groups excluding carboxylic acids is 1. The summed E-state index contributed by atoms with van der Waals surface area (Å²) in [6.07, 6.45) is 2.09. The molecule has 2 aromatic rings. The lowest BCUT2D eigenvalue weighted by Crippen LogP contribution is -2.42. The first kappa shape index (κ1) is 14.0. The third-order valence-corrected chi connectivity index (χ3v) is 3.30. The monoisotopic (exact) mass is 276 g/mol. The Morgan fingerprint density at radius 2 is 2.20 bits per heavy atom. The Morgan fingerprint density at radius 3 is 2.80 bits per heavy atom. The molecule has 0 saturated heterocycles. The average Bonchev–Trinajstić information content (AvgIpc) is 2.86. The highest BCUT2D eigenvalue weighted by Gasteiger charge is 2.21. The second-order valence-corrected chi connectivity index (χ2v) is 4.43. The lowest BCUT2D eigenvalue weighted by molar-refractivity contribution is -0.383. The first-order chi connectivity index (χ1) is 9.58. The fourth-order valence-corrected chi connectivity index (χ4v) is 2.27. The molecule has 20 heavy (non-hydrogen) atoms. The van der Waals surface area contributed by atoms with E-state index in [1.165, 1.54) is 6.07 Å². The molecule has 0 aliphatic heterocycles. The number of likely N-dealkylation sites (N-methyl/N-ethyl adjacent to an activating group) is 2. The topological polar surface area (TPSA) is 100 Å². The molecule has 0 aliphatic carbocycles. The van der Waals surface area contributed by atoms with Crippen LogP contribution in [0.3, 0.4) is 0 Å². The number of benzene rings is 1. The van der Waals surface area contributed by atoms with Gasteiger partial charge in [-0.15, -0.1) is 0 Å². The predicted octanol–water partition coefficient (Wildman–Crippen LogP) is 0.953. The molecule has 1 atom stereocenters. The normalized spacial score (nSPS) is 12.3. The van der Waals surface area contributed by atoms with Gasteiger partial charge in [0, 0.05) is 19.3 Å². The molecule has 7 nitrogen and oxygen atoms in total. The first-order valence-corrected chi connectivity index (χ1v) is 6.20. The van der Waals surface area contributed by atoms with Gasteiger partial charge in [0.05, 0.1) is 21.9 Å². The minimum atomic E-state index is -0.432. The highest BCUT2D eigenvalue weighted by atomic mass is 16.6. The molecule has 1 aromatic heterocycles. The number of nitro groups is 1. The van der Waals surface area contributed by atoms with E-state index >= 15 is 0 Å². The van der Waals surface area contributed by atoms with E-state index in [4.69, 9.17) is 0 Å². The van der Waals surface area contributed by atoms with Gasteiger partial charge in [-0.05, 0) is 25.1 Å². The zero-order valence-electron chi connectivity index (χ0n) is 11.3. The second-order valence-electron chi connectivity index (χ2n) is 4.43.